The van der Waals surface area contributed by atoms with Gasteiger partial charge in [0.05, 0.1) is 6.61 Å². The second-order valence-corrected chi connectivity index (χ2v) is 5.61. The number of ether oxygens (including phenoxy) is 1. The topological polar surface area (TPSA) is 84.7 Å². The zero-order valence-electron chi connectivity index (χ0n) is 14.4. The predicted octanol–water partition coefficient (Wildman–Crippen LogP) is 2.82. The minimum Gasteiger partial charge on any atom is -0.450 e. The van der Waals surface area contributed by atoms with Crippen LogP contribution in [0.2, 0.25) is 0 Å². The van der Waals surface area contributed by atoms with Crippen LogP contribution in [0.4, 0.5) is 4.79 Å². The van der Waals surface area contributed by atoms with Crippen molar-refractivity contribution in [3.05, 3.63) is 0 Å². The van der Waals surface area contributed by atoms with Gasteiger partial charge in [-0.25, -0.2) is 10.6 Å². The predicted molar refractivity (Wildman–Crippen MR) is 88.1 cm³/mol. The van der Waals surface area contributed by atoms with Crippen molar-refractivity contribution >= 4 is 12.0 Å². The smallest absolute Gasteiger partial charge is 0.409 e. The molecular weight excluding hydrogens is 282 g/mol. The van der Waals surface area contributed by atoms with Crippen molar-refractivity contribution in [2.75, 3.05) is 19.7 Å². The summed E-state index contributed by atoms with van der Waals surface area (Å²) in [5.41, 5.74) is 2.11. The van der Waals surface area contributed by atoms with Crippen molar-refractivity contribution in [1.29, 1.82) is 0 Å². The van der Waals surface area contributed by atoms with Gasteiger partial charge in [-0.15, -0.1) is 0 Å². The van der Waals surface area contributed by atoms with Gasteiger partial charge in [0.1, 0.15) is 0 Å². The third-order valence-electron chi connectivity index (χ3n) is 3.66. The van der Waals surface area contributed by atoms with E-state index in [4.69, 9.17) is 10.6 Å². The molecule has 0 heterocycles. The summed E-state index contributed by atoms with van der Waals surface area (Å²) in [6.45, 7) is 7.75. The molecule has 0 aliphatic heterocycles. The Balaban J connectivity index is 4.52. The summed E-state index contributed by atoms with van der Waals surface area (Å²) < 4.78 is 5.13. The Morgan fingerprint density at radius 2 is 1.86 bits per heavy atom. The summed E-state index contributed by atoms with van der Waals surface area (Å²) in [7, 11) is 0. The summed E-state index contributed by atoms with van der Waals surface area (Å²) in [5, 5.41) is 0. The van der Waals surface area contributed by atoms with Crippen molar-refractivity contribution in [3.8, 4) is 0 Å². The molecule has 0 radical (unpaired) electrons. The molecule has 0 fully saturated rings. The van der Waals surface area contributed by atoms with Crippen molar-refractivity contribution < 1.29 is 14.3 Å². The third kappa shape index (κ3) is 9.60. The molecule has 0 aromatic heterocycles. The van der Waals surface area contributed by atoms with E-state index in [1.54, 1.807) is 11.8 Å². The average Bonchev–Trinajstić information content (AvgIpc) is 2.51. The van der Waals surface area contributed by atoms with Gasteiger partial charge in [0.15, 0.2) is 0 Å². The van der Waals surface area contributed by atoms with Crippen molar-refractivity contribution in [3.63, 3.8) is 0 Å². The first-order chi connectivity index (χ1) is 10.6. The van der Waals surface area contributed by atoms with Gasteiger partial charge in [0.25, 0.3) is 0 Å². The first-order valence-electron chi connectivity index (χ1n) is 8.50. The number of hydrogen-bond acceptors (Lipinski definition) is 4. The Morgan fingerprint density at radius 1 is 1.14 bits per heavy atom. The highest BCUT2D eigenvalue weighted by Crippen LogP contribution is 2.17. The SMILES string of the molecule is CCCCC(CCC)CN(CCCC(=O)NN)C(=O)OCC. The van der Waals surface area contributed by atoms with Crippen LogP contribution in [0.25, 0.3) is 0 Å². The second-order valence-electron chi connectivity index (χ2n) is 5.61. The van der Waals surface area contributed by atoms with E-state index in [9.17, 15) is 9.59 Å². The average molecular weight is 315 g/mol. The van der Waals surface area contributed by atoms with Crippen molar-refractivity contribution in [2.24, 2.45) is 11.8 Å². The van der Waals surface area contributed by atoms with E-state index in [0.29, 0.717) is 38.5 Å². The lowest BCUT2D eigenvalue weighted by Crippen LogP contribution is -2.37. The maximum Gasteiger partial charge on any atom is 0.409 e. The Bertz CT molecular complexity index is 311. The van der Waals surface area contributed by atoms with Crippen LogP contribution < -0.4 is 11.3 Å². The van der Waals surface area contributed by atoms with Gasteiger partial charge in [-0.1, -0.05) is 33.1 Å². The fourth-order valence-electron chi connectivity index (χ4n) is 2.51. The van der Waals surface area contributed by atoms with Crippen LogP contribution in [0.15, 0.2) is 0 Å². The fraction of sp³-hybridized carbons (Fsp3) is 0.875. The van der Waals surface area contributed by atoms with Gasteiger partial charge in [0, 0.05) is 19.5 Å². The largest absolute Gasteiger partial charge is 0.450 e. The molecule has 0 aromatic carbocycles. The molecule has 0 aliphatic rings. The number of nitrogens with two attached hydrogens (primary N) is 1. The number of nitrogens with one attached hydrogen (secondary N) is 1. The number of rotatable bonds is 12. The first-order valence-corrected chi connectivity index (χ1v) is 8.50. The Morgan fingerprint density at radius 3 is 2.41 bits per heavy atom. The molecule has 0 bridgehead atoms. The maximum absolute atomic E-state index is 12.1. The number of carbonyl (C=O) groups is 2. The van der Waals surface area contributed by atoms with E-state index in [1.807, 2.05) is 0 Å². The van der Waals surface area contributed by atoms with Gasteiger partial charge in [0.2, 0.25) is 5.91 Å². The van der Waals surface area contributed by atoms with Gasteiger partial charge < -0.3 is 9.64 Å². The lowest BCUT2D eigenvalue weighted by molar-refractivity contribution is -0.121. The van der Waals surface area contributed by atoms with E-state index in [2.05, 4.69) is 19.3 Å². The van der Waals surface area contributed by atoms with Crippen LogP contribution in [0.5, 0.6) is 0 Å². The molecule has 1 atom stereocenters. The molecule has 1 unspecified atom stereocenters. The number of unbranched alkanes of at least 4 members (excludes halogenated alkanes) is 1. The molecule has 0 aliphatic carbocycles. The Labute approximate surface area is 134 Å². The standard InChI is InChI=1S/C16H33N3O3/c1-4-7-10-14(9-5-2)13-19(16(21)22-6-3)12-8-11-15(20)18-17/h14H,4-13,17H2,1-3H3,(H,18,20). The lowest BCUT2D eigenvalue weighted by atomic mass is 9.96. The van der Waals surface area contributed by atoms with Gasteiger partial charge in [-0.05, 0) is 32.1 Å². The summed E-state index contributed by atoms with van der Waals surface area (Å²) in [6.07, 6.45) is 6.32. The van der Waals surface area contributed by atoms with Gasteiger partial charge in [-0.2, -0.15) is 0 Å². The van der Waals surface area contributed by atoms with E-state index in [1.165, 1.54) is 6.42 Å². The van der Waals surface area contributed by atoms with E-state index < -0.39 is 0 Å². The molecule has 6 heteroatoms. The van der Waals surface area contributed by atoms with Crippen molar-refractivity contribution in [2.45, 2.75) is 65.7 Å². The maximum atomic E-state index is 12.1. The third-order valence-corrected chi connectivity index (χ3v) is 3.66. The molecule has 3 N–H and O–H groups in total. The molecule has 0 saturated heterocycles. The Kier molecular flexibility index (Phi) is 12.6. The highest BCUT2D eigenvalue weighted by Gasteiger charge is 2.19. The second kappa shape index (κ2) is 13.4. The summed E-state index contributed by atoms with van der Waals surface area (Å²) >= 11 is 0. The number of nitrogens with zero attached hydrogens (tertiary/aromatic N) is 1. The van der Waals surface area contributed by atoms with E-state index >= 15 is 0 Å². The van der Waals surface area contributed by atoms with E-state index in [-0.39, 0.29) is 12.0 Å². The quantitative estimate of drug-likeness (QED) is 0.329. The monoisotopic (exact) mass is 315 g/mol. The zero-order chi connectivity index (χ0) is 16.8. The number of hydrogen-bond donors (Lipinski definition) is 2. The summed E-state index contributed by atoms with van der Waals surface area (Å²) in [6, 6.07) is 0. The molecule has 0 spiro atoms. The molecular formula is C16H33N3O3. The van der Waals surface area contributed by atoms with E-state index in [0.717, 1.165) is 25.7 Å². The highest BCUT2D eigenvalue weighted by atomic mass is 16.6. The number of hydrazine groups is 1. The lowest BCUT2D eigenvalue weighted by Gasteiger charge is -2.27. The molecule has 130 valence electrons. The van der Waals surface area contributed by atoms with Crippen LogP contribution in [0.3, 0.4) is 0 Å². The number of carbonyl (C=O) groups excluding carboxylic acids is 2. The molecule has 0 aromatic rings. The molecule has 0 rings (SSSR count). The molecule has 0 saturated carbocycles. The van der Waals surface area contributed by atoms with Crippen molar-refractivity contribution in [1.82, 2.24) is 10.3 Å². The normalized spacial score (nSPS) is 11.8. The molecule has 2 amide bonds. The minimum atomic E-state index is -0.284. The summed E-state index contributed by atoms with van der Waals surface area (Å²) in [5.74, 6) is 5.36. The van der Waals surface area contributed by atoms with Gasteiger partial charge in [-0.3, -0.25) is 10.2 Å². The van der Waals surface area contributed by atoms with Crippen LogP contribution >= 0.6 is 0 Å². The van der Waals surface area contributed by atoms with Crippen LogP contribution in [0.1, 0.15) is 65.7 Å². The first kappa shape index (κ1) is 20.7. The molecule has 22 heavy (non-hydrogen) atoms. The van der Waals surface area contributed by atoms with Crippen LogP contribution in [-0.4, -0.2) is 36.6 Å². The van der Waals surface area contributed by atoms with Crippen LogP contribution in [-0.2, 0) is 9.53 Å². The number of amides is 2. The molecule has 6 nitrogen and oxygen atoms in total. The fourth-order valence-corrected chi connectivity index (χ4v) is 2.51. The van der Waals surface area contributed by atoms with Crippen LogP contribution in [0, 0.1) is 5.92 Å². The highest BCUT2D eigenvalue weighted by molar-refractivity contribution is 5.75. The summed E-state index contributed by atoms with van der Waals surface area (Å²) in [4.78, 5) is 25.0. The Hall–Kier alpha value is -1.30. The van der Waals surface area contributed by atoms with Gasteiger partial charge >= 0.3 is 6.09 Å². The minimum absolute atomic E-state index is 0.208. The zero-order valence-corrected chi connectivity index (χ0v) is 14.4.